The van der Waals surface area contributed by atoms with Crippen LogP contribution in [0, 0.1) is 6.92 Å². The minimum absolute atomic E-state index is 0.412. The first-order valence-corrected chi connectivity index (χ1v) is 13.2. The summed E-state index contributed by atoms with van der Waals surface area (Å²) in [5.41, 5.74) is 5.48. The monoisotopic (exact) mass is 531 g/mol. The Morgan fingerprint density at radius 3 is 2.30 bits per heavy atom. The van der Waals surface area contributed by atoms with Gasteiger partial charge >= 0.3 is 12.1 Å². The summed E-state index contributed by atoms with van der Waals surface area (Å²) >= 11 is 7.77. The number of carboxylic acid groups (broad SMARTS) is 1. The minimum Gasteiger partial charge on any atom is -0.481 e. The van der Waals surface area contributed by atoms with Gasteiger partial charge in [0, 0.05) is 5.56 Å². The second-order valence-corrected chi connectivity index (χ2v) is 11.0. The molecule has 4 aromatic rings. The summed E-state index contributed by atoms with van der Waals surface area (Å²) < 4.78 is 6.21. The van der Waals surface area contributed by atoms with Gasteiger partial charge in [-0.3, -0.25) is 10.1 Å². The molecule has 0 radical (unpaired) electrons. The molecule has 5 rings (SSSR count). The molecule has 188 valence electrons. The van der Waals surface area contributed by atoms with Gasteiger partial charge in [0.05, 0.1) is 20.3 Å². The second-order valence-electron chi connectivity index (χ2n) is 9.33. The lowest BCUT2D eigenvalue weighted by molar-refractivity contribution is -0.140. The van der Waals surface area contributed by atoms with Gasteiger partial charge in [0.15, 0.2) is 0 Å². The fourth-order valence-corrected chi connectivity index (χ4v) is 5.93. The first kappa shape index (κ1) is 25.1. The van der Waals surface area contributed by atoms with Crippen molar-refractivity contribution in [3.05, 3.63) is 99.9 Å². The Bertz CT molecular complexity index is 1470. The molecule has 37 heavy (non-hydrogen) atoms. The fourth-order valence-electron chi connectivity index (χ4n) is 4.71. The summed E-state index contributed by atoms with van der Waals surface area (Å²) in [6, 6.07) is 25.1. The highest BCUT2D eigenvalue weighted by atomic mass is 35.5. The van der Waals surface area contributed by atoms with E-state index in [1.54, 1.807) is 6.07 Å². The van der Waals surface area contributed by atoms with E-state index in [0.29, 0.717) is 22.9 Å². The van der Waals surface area contributed by atoms with E-state index in [4.69, 9.17) is 16.3 Å². The lowest BCUT2D eigenvalue weighted by Gasteiger charge is -2.17. The van der Waals surface area contributed by atoms with Gasteiger partial charge < -0.3 is 9.84 Å². The van der Waals surface area contributed by atoms with Gasteiger partial charge in [0.1, 0.15) is 6.10 Å². The van der Waals surface area contributed by atoms with E-state index in [-0.39, 0.29) is 0 Å². The van der Waals surface area contributed by atoms with Crippen LogP contribution in [0.1, 0.15) is 42.6 Å². The van der Waals surface area contributed by atoms with Crippen molar-refractivity contribution in [2.45, 2.75) is 38.2 Å². The molecule has 7 heteroatoms. The largest absolute Gasteiger partial charge is 0.481 e. The van der Waals surface area contributed by atoms with Crippen molar-refractivity contribution >= 4 is 40.7 Å². The van der Waals surface area contributed by atoms with Crippen LogP contribution < -0.4 is 5.32 Å². The molecule has 0 saturated heterocycles. The van der Waals surface area contributed by atoms with E-state index in [9.17, 15) is 14.7 Å². The van der Waals surface area contributed by atoms with Crippen LogP contribution in [0.5, 0.6) is 0 Å². The van der Waals surface area contributed by atoms with Crippen molar-refractivity contribution in [1.29, 1.82) is 0 Å². The van der Waals surface area contributed by atoms with E-state index in [2.05, 4.69) is 5.32 Å². The van der Waals surface area contributed by atoms with Crippen molar-refractivity contribution in [3.63, 3.8) is 0 Å². The first-order chi connectivity index (χ1) is 17.8. The molecule has 1 amide bonds. The molecule has 2 N–H and O–H groups in total. The molecule has 1 unspecified atom stereocenters. The third-order valence-corrected chi connectivity index (χ3v) is 8.23. The van der Waals surface area contributed by atoms with E-state index in [1.165, 1.54) is 11.3 Å². The normalized spacial score (nSPS) is 14.6. The van der Waals surface area contributed by atoms with Gasteiger partial charge in [-0.05, 0) is 60.6 Å². The van der Waals surface area contributed by atoms with E-state index in [0.717, 1.165) is 38.3 Å². The molecular formula is C30H26ClNO4S. The summed E-state index contributed by atoms with van der Waals surface area (Å²) in [4.78, 5) is 25.4. The molecule has 1 aromatic heterocycles. The summed E-state index contributed by atoms with van der Waals surface area (Å²) in [7, 11) is 0. The van der Waals surface area contributed by atoms with Crippen molar-refractivity contribution < 1.29 is 19.4 Å². The summed E-state index contributed by atoms with van der Waals surface area (Å²) in [5, 5.41) is 12.5. The van der Waals surface area contributed by atoms with Gasteiger partial charge in [0.25, 0.3) is 0 Å². The number of aliphatic carboxylic acids is 1. The van der Waals surface area contributed by atoms with Crippen LogP contribution in [0.3, 0.4) is 0 Å². The highest BCUT2D eigenvalue weighted by Crippen LogP contribution is 2.49. The number of aryl methyl sites for hydroxylation is 1. The summed E-state index contributed by atoms with van der Waals surface area (Å²) in [6.45, 7) is 3.83. The van der Waals surface area contributed by atoms with Crippen LogP contribution in [0.2, 0.25) is 4.34 Å². The minimum atomic E-state index is -0.770. The summed E-state index contributed by atoms with van der Waals surface area (Å²) in [5.74, 6) is -0.770. The Labute approximate surface area is 224 Å². The number of benzene rings is 3. The number of carbonyl (C=O) groups excluding carboxylic acids is 1. The Morgan fingerprint density at radius 2 is 1.65 bits per heavy atom. The molecule has 1 heterocycles. The first-order valence-electron chi connectivity index (χ1n) is 12.0. The number of carboxylic acids is 1. The Kier molecular flexibility index (Phi) is 6.80. The van der Waals surface area contributed by atoms with Crippen LogP contribution in [-0.4, -0.2) is 17.2 Å². The van der Waals surface area contributed by atoms with Gasteiger partial charge in [-0.2, -0.15) is 0 Å². The quantitative estimate of drug-likeness (QED) is 0.251. The van der Waals surface area contributed by atoms with Gasteiger partial charge in [-0.15, -0.1) is 11.3 Å². The van der Waals surface area contributed by atoms with Gasteiger partial charge in [0.2, 0.25) is 0 Å². The van der Waals surface area contributed by atoms with Crippen molar-refractivity contribution in [3.8, 4) is 21.6 Å². The molecule has 0 aliphatic heterocycles. The van der Waals surface area contributed by atoms with Crippen molar-refractivity contribution in [2.24, 2.45) is 0 Å². The Morgan fingerprint density at radius 1 is 1.00 bits per heavy atom. The molecule has 1 aliphatic rings. The molecule has 5 nitrogen and oxygen atoms in total. The average molecular weight is 532 g/mol. The highest BCUT2D eigenvalue weighted by molar-refractivity contribution is 7.20. The molecule has 1 saturated carbocycles. The number of anilines is 1. The van der Waals surface area contributed by atoms with Crippen molar-refractivity contribution in [2.75, 3.05) is 5.32 Å². The third kappa shape index (κ3) is 4.99. The topological polar surface area (TPSA) is 75.6 Å². The SMILES string of the molecule is Cc1ccccc1C(C)OC(=O)Nc1cc(Cl)sc1-c1ccccc1-c1ccc(C2(C(=O)O)CC2)cc1. The molecular weight excluding hydrogens is 506 g/mol. The predicted octanol–water partition coefficient (Wildman–Crippen LogP) is 8.47. The number of nitrogens with one attached hydrogen (secondary N) is 1. The van der Waals surface area contributed by atoms with Gasteiger partial charge in [-0.25, -0.2) is 4.79 Å². The number of halogens is 1. The smallest absolute Gasteiger partial charge is 0.412 e. The maximum atomic E-state index is 12.8. The van der Waals surface area contributed by atoms with Crippen molar-refractivity contribution in [1.82, 2.24) is 0 Å². The van der Waals surface area contributed by atoms with Crippen LogP contribution in [0.15, 0.2) is 78.9 Å². The zero-order chi connectivity index (χ0) is 26.2. The number of rotatable bonds is 7. The molecule has 0 spiro atoms. The molecule has 3 aromatic carbocycles. The zero-order valence-electron chi connectivity index (χ0n) is 20.5. The number of ether oxygens (including phenoxy) is 1. The predicted molar refractivity (Wildman–Crippen MR) is 148 cm³/mol. The number of thiophene rings is 1. The van der Waals surface area contributed by atoms with E-state index >= 15 is 0 Å². The number of hydrogen-bond acceptors (Lipinski definition) is 4. The Balaban J connectivity index is 1.41. The third-order valence-electron chi connectivity index (χ3n) is 6.93. The number of hydrogen-bond donors (Lipinski definition) is 2. The maximum absolute atomic E-state index is 12.8. The molecule has 1 atom stereocenters. The average Bonchev–Trinajstić information content (AvgIpc) is 3.62. The lowest BCUT2D eigenvalue weighted by atomic mass is 9.92. The summed E-state index contributed by atoms with van der Waals surface area (Å²) in [6.07, 6.45) is 0.362. The number of carbonyl (C=O) groups is 2. The van der Waals surface area contributed by atoms with E-state index in [1.807, 2.05) is 86.6 Å². The van der Waals surface area contributed by atoms with Crippen LogP contribution in [0.4, 0.5) is 10.5 Å². The lowest BCUT2D eigenvalue weighted by Crippen LogP contribution is -2.19. The highest BCUT2D eigenvalue weighted by Gasteiger charge is 2.51. The molecule has 1 fully saturated rings. The fraction of sp³-hybridized carbons (Fsp3) is 0.200. The van der Waals surface area contributed by atoms with Crippen LogP contribution in [0.25, 0.3) is 21.6 Å². The standard InChI is InChI=1S/C30H26ClNO4S/c1-18-7-3-4-8-22(18)19(2)36-29(35)32-25-17-26(31)37-27(25)24-10-6-5-9-23(24)20-11-13-21(14-12-20)30(15-16-30)28(33)34/h3-14,17,19H,15-16H2,1-2H3,(H,32,35)(H,33,34). The zero-order valence-corrected chi connectivity index (χ0v) is 22.0. The van der Waals surface area contributed by atoms with Crippen LogP contribution in [-0.2, 0) is 14.9 Å². The second kappa shape index (κ2) is 10.0. The number of amides is 1. The Hall–Kier alpha value is -3.61. The van der Waals surface area contributed by atoms with E-state index < -0.39 is 23.6 Å². The molecule has 1 aliphatic carbocycles. The van der Waals surface area contributed by atoms with Crippen LogP contribution >= 0.6 is 22.9 Å². The van der Waals surface area contributed by atoms with Gasteiger partial charge in [-0.1, -0.05) is 84.4 Å². The maximum Gasteiger partial charge on any atom is 0.412 e. The molecule has 0 bridgehead atoms.